The van der Waals surface area contributed by atoms with Gasteiger partial charge in [0.1, 0.15) is 5.82 Å². The molecule has 0 aromatic heterocycles. The Hall–Kier alpha value is -2.36. The van der Waals surface area contributed by atoms with Crippen molar-refractivity contribution in [1.82, 2.24) is 0 Å². The van der Waals surface area contributed by atoms with Crippen molar-refractivity contribution >= 4 is 26.9 Å². The minimum absolute atomic E-state index is 0.111. The number of esters is 1. The van der Waals surface area contributed by atoms with Gasteiger partial charge in [-0.25, -0.2) is 9.18 Å². The molecule has 0 fully saturated rings. The summed E-state index contributed by atoms with van der Waals surface area (Å²) in [6.45, 7) is 0. The molecule has 0 saturated carbocycles. The van der Waals surface area contributed by atoms with Crippen LogP contribution in [0, 0.1) is 5.82 Å². The van der Waals surface area contributed by atoms with Crippen molar-refractivity contribution in [2.24, 2.45) is 0 Å². The molecular formula is C13H8F4O5S. The summed E-state index contributed by atoms with van der Waals surface area (Å²) in [7, 11) is -4.86. The molecule has 0 saturated heterocycles. The molecule has 0 aliphatic heterocycles. The van der Waals surface area contributed by atoms with E-state index in [4.69, 9.17) is 0 Å². The first-order valence-electron chi connectivity index (χ1n) is 5.88. The van der Waals surface area contributed by atoms with Crippen molar-refractivity contribution < 1.29 is 39.7 Å². The smallest absolute Gasteiger partial charge is 0.465 e. The van der Waals surface area contributed by atoms with Gasteiger partial charge < -0.3 is 8.92 Å². The van der Waals surface area contributed by atoms with Gasteiger partial charge in [-0.05, 0) is 24.3 Å². The number of hydrogen-bond acceptors (Lipinski definition) is 5. The maximum absolute atomic E-state index is 13.7. The van der Waals surface area contributed by atoms with Crippen LogP contribution in [-0.4, -0.2) is 27.0 Å². The van der Waals surface area contributed by atoms with E-state index in [0.717, 1.165) is 31.4 Å². The summed E-state index contributed by atoms with van der Waals surface area (Å²) in [5.41, 5.74) is -5.76. The minimum atomic E-state index is -5.93. The Kier molecular flexibility index (Phi) is 4.20. The Morgan fingerprint density at radius 2 is 1.74 bits per heavy atom. The Morgan fingerprint density at radius 3 is 2.30 bits per heavy atom. The van der Waals surface area contributed by atoms with Crippen LogP contribution in [-0.2, 0) is 14.9 Å². The van der Waals surface area contributed by atoms with Crippen LogP contribution in [0.4, 0.5) is 17.6 Å². The summed E-state index contributed by atoms with van der Waals surface area (Å²) in [5.74, 6) is -2.42. The second-order valence-electron chi connectivity index (χ2n) is 4.28. The molecule has 0 aliphatic rings. The van der Waals surface area contributed by atoms with Crippen molar-refractivity contribution in [3.63, 3.8) is 0 Å². The number of carbonyl (C=O) groups is 1. The number of methoxy groups -OCH3 is 1. The molecule has 0 bridgehead atoms. The second kappa shape index (κ2) is 5.69. The normalized spacial score (nSPS) is 12.2. The molecule has 23 heavy (non-hydrogen) atoms. The van der Waals surface area contributed by atoms with Crippen molar-refractivity contribution in [2.75, 3.05) is 7.11 Å². The molecule has 10 heteroatoms. The number of benzene rings is 2. The molecule has 0 aliphatic carbocycles. The quantitative estimate of drug-likeness (QED) is 0.368. The zero-order chi connectivity index (χ0) is 17.4. The lowest BCUT2D eigenvalue weighted by atomic mass is 10.1. The third-order valence-electron chi connectivity index (χ3n) is 2.83. The maximum atomic E-state index is 13.7. The molecule has 2 rings (SSSR count). The van der Waals surface area contributed by atoms with Crippen molar-refractivity contribution in [1.29, 1.82) is 0 Å². The summed E-state index contributed by atoms with van der Waals surface area (Å²) in [6.07, 6.45) is 0. The highest BCUT2D eigenvalue weighted by Crippen LogP contribution is 2.33. The third-order valence-corrected chi connectivity index (χ3v) is 3.79. The highest BCUT2D eigenvalue weighted by atomic mass is 32.2. The minimum Gasteiger partial charge on any atom is -0.465 e. The first kappa shape index (κ1) is 17.0. The second-order valence-corrected chi connectivity index (χ2v) is 5.82. The Bertz CT molecular complexity index is 874. The summed E-state index contributed by atoms with van der Waals surface area (Å²) < 4.78 is 81.6. The van der Waals surface area contributed by atoms with Crippen molar-refractivity contribution in [3.8, 4) is 5.75 Å². The van der Waals surface area contributed by atoms with Crippen LogP contribution in [0.2, 0.25) is 0 Å². The predicted molar refractivity (Wildman–Crippen MR) is 70.8 cm³/mol. The van der Waals surface area contributed by atoms with Gasteiger partial charge in [-0.2, -0.15) is 21.6 Å². The van der Waals surface area contributed by atoms with Gasteiger partial charge >= 0.3 is 21.6 Å². The summed E-state index contributed by atoms with van der Waals surface area (Å²) >= 11 is 0. The van der Waals surface area contributed by atoms with E-state index < -0.39 is 33.2 Å². The van der Waals surface area contributed by atoms with E-state index in [0.29, 0.717) is 0 Å². The first-order valence-corrected chi connectivity index (χ1v) is 7.29. The van der Waals surface area contributed by atoms with Gasteiger partial charge in [-0.15, -0.1) is 0 Å². The fraction of sp³-hybridized carbons (Fsp3) is 0.154. The lowest BCUT2D eigenvalue weighted by molar-refractivity contribution is -0.0499. The van der Waals surface area contributed by atoms with E-state index in [1.54, 1.807) is 0 Å². The molecule has 2 aromatic rings. The molecule has 124 valence electrons. The van der Waals surface area contributed by atoms with Crippen LogP contribution < -0.4 is 4.18 Å². The van der Waals surface area contributed by atoms with Gasteiger partial charge in [0.25, 0.3) is 0 Å². The number of ether oxygens (including phenoxy) is 1. The Labute approximate surface area is 127 Å². The van der Waals surface area contributed by atoms with Crippen LogP contribution in [0.1, 0.15) is 10.4 Å². The van der Waals surface area contributed by atoms with Gasteiger partial charge in [0, 0.05) is 10.8 Å². The topological polar surface area (TPSA) is 69.7 Å². The number of hydrogen-bond donors (Lipinski definition) is 0. The Balaban J connectivity index is 2.65. The number of fused-ring (bicyclic) bond motifs is 1. The fourth-order valence-corrected chi connectivity index (χ4v) is 2.24. The summed E-state index contributed by atoms with van der Waals surface area (Å²) in [6, 6.07) is 4.73. The van der Waals surface area contributed by atoms with Gasteiger partial charge in [-0.1, -0.05) is 6.07 Å². The summed E-state index contributed by atoms with van der Waals surface area (Å²) in [5, 5.41) is -0.534. The van der Waals surface area contributed by atoms with E-state index in [1.165, 1.54) is 6.07 Å². The van der Waals surface area contributed by atoms with Crippen LogP contribution in [0.3, 0.4) is 0 Å². The maximum Gasteiger partial charge on any atom is 0.534 e. The van der Waals surface area contributed by atoms with Crippen molar-refractivity contribution in [2.45, 2.75) is 5.51 Å². The van der Waals surface area contributed by atoms with E-state index >= 15 is 0 Å². The molecule has 0 heterocycles. The largest absolute Gasteiger partial charge is 0.534 e. The number of alkyl halides is 3. The lowest BCUT2D eigenvalue weighted by Gasteiger charge is -2.12. The number of rotatable bonds is 3. The van der Waals surface area contributed by atoms with Crippen LogP contribution in [0.5, 0.6) is 5.75 Å². The number of carbonyl (C=O) groups excluding carboxylic acids is 1. The van der Waals surface area contributed by atoms with Gasteiger partial charge in [0.2, 0.25) is 0 Å². The molecule has 2 aromatic carbocycles. The molecule has 5 nitrogen and oxygen atoms in total. The SMILES string of the molecule is COC(=O)c1ccc2c(F)ccc(OS(=O)(=O)C(F)(F)F)c2c1. The predicted octanol–water partition coefficient (Wildman–Crippen LogP) is 2.99. The van der Waals surface area contributed by atoms with Crippen molar-refractivity contribution in [3.05, 3.63) is 41.7 Å². The highest BCUT2D eigenvalue weighted by Gasteiger charge is 2.48. The van der Waals surface area contributed by atoms with E-state index in [2.05, 4.69) is 8.92 Å². The standard InChI is InChI=1S/C13H8F4O5S/c1-21-12(18)7-2-3-8-9(6-7)11(5-4-10(8)14)22-23(19,20)13(15,16)17/h2-6H,1H3. The van der Waals surface area contributed by atoms with E-state index in [-0.39, 0.29) is 16.3 Å². The molecule has 0 spiro atoms. The van der Waals surface area contributed by atoms with Gasteiger partial charge in [0.15, 0.2) is 5.75 Å². The van der Waals surface area contributed by atoms with E-state index in [9.17, 15) is 30.8 Å². The molecule has 0 radical (unpaired) electrons. The molecular weight excluding hydrogens is 344 g/mol. The molecule has 0 N–H and O–H groups in total. The summed E-state index contributed by atoms with van der Waals surface area (Å²) in [4.78, 5) is 11.4. The van der Waals surface area contributed by atoms with E-state index in [1.807, 2.05) is 0 Å². The van der Waals surface area contributed by atoms with Gasteiger partial charge in [-0.3, -0.25) is 0 Å². The van der Waals surface area contributed by atoms with Crippen LogP contribution in [0.15, 0.2) is 30.3 Å². The highest BCUT2D eigenvalue weighted by molar-refractivity contribution is 7.88. The monoisotopic (exact) mass is 352 g/mol. The first-order chi connectivity index (χ1) is 10.6. The van der Waals surface area contributed by atoms with Gasteiger partial charge in [0.05, 0.1) is 12.7 Å². The zero-order valence-corrected chi connectivity index (χ0v) is 12.2. The average Bonchev–Trinajstić information content (AvgIpc) is 2.47. The fourth-order valence-electron chi connectivity index (χ4n) is 1.77. The zero-order valence-electron chi connectivity index (χ0n) is 11.3. The lowest BCUT2D eigenvalue weighted by Crippen LogP contribution is -2.28. The van der Waals surface area contributed by atoms with Crippen LogP contribution in [0.25, 0.3) is 10.8 Å². The Morgan fingerprint density at radius 1 is 1.09 bits per heavy atom. The van der Waals surface area contributed by atoms with Crippen LogP contribution >= 0.6 is 0 Å². The molecule has 0 unspecified atom stereocenters. The molecule has 0 atom stereocenters. The molecule has 0 amide bonds. The number of halogens is 4. The third kappa shape index (κ3) is 3.21. The average molecular weight is 352 g/mol.